The Morgan fingerprint density at radius 2 is 1.21 bits per heavy atom. The summed E-state index contributed by atoms with van der Waals surface area (Å²) in [5, 5.41) is 0. The summed E-state index contributed by atoms with van der Waals surface area (Å²) in [6.45, 7) is 10.8. The minimum atomic E-state index is -4.27. The van der Waals surface area contributed by atoms with Crippen molar-refractivity contribution >= 4 is 21.0 Å². The number of ether oxygens (including phenoxy) is 4. The van der Waals surface area contributed by atoms with Crippen LogP contribution in [-0.4, -0.2) is 43.7 Å². The highest BCUT2D eigenvalue weighted by atomic mass is 32.2. The number of aryl methyl sites for hydroxylation is 1. The first-order valence-corrected chi connectivity index (χ1v) is 16.2. The fourth-order valence-corrected chi connectivity index (χ4v) is 6.29. The standard InChI is InChI=1S/C25H30NO4S.C7H8O3S/c1-5-27-19(3)29-21-9-13-23(14-10-21)31(25-8-7-17-26-18-25)24-15-11-22(12-16-24)30-20(4)28-6-2;1-6-2-4-7(5-3-6)11(8,9)10/h7-20H,5-6H2,1-4H3;2-5H,1H3,(H,8,9,10)/q+1;/p-1. The number of hydrogen-bond donors (Lipinski definition) is 0. The summed E-state index contributed by atoms with van der Waals surface area (Å²) < 4.78 is 53.7. The van der Waals surface area contributed by atoms with Crippen molar-refractivity contribution in [2.75, 3.05) is 13.2 Å². The van der Waals surface area contributed by atoms with E-state index in [0.29, 0.717) is 13.2 Å². The first kappa shape index (κ1) is 33.1. The van der Waals surface area contributed by atoms with Crippen LogP contribution in [0.5, 0.6) is 11.5 Å². The van der Waals surface area contributed by atoms with E-state index >= 15 is 0 Å². The smallest absolute Gasteiger partial charge is 0.196 e. The van der Waals surface area contributed by atoms with Crippen molar-refractivity contribution in [1.29, 1.82) is 0 Å². The number of aromatic nitrogens is 1. The largest absolute Gasteiger partial charge is 0.744 e. The monoisotopic (exact) mass is 611 g/mol. The van der Waals surface area contributed by atoms with E-state index in [1.54, 1.807) is 18.3 Å². The van der Waals surface area contributed by atoms with Crippen molar-refractivity contribution in [2.45, 2.75) is 66.8 Å². The molecule has 2 atom stereocenters. The van der Waals surface area contributed by atoms with Crippen LogP contribution in [0.2, 0.25) is 0 Å². The second-order valence-corrected chi connectivity index (χ2v) is 12.4. The number of nitrogens with zero attached hydrogens (tertiary/aromatic N) is 1. The van der Waals surface area contributed by atoms with Gasteiger partial charge in [-0.2, -0.15) is 0 Å². The predicted octanol–water partition coefficient (Wildman–Crippen LogP) is 6.60. The van der Waals surface area contributed by atoms with Crippen LogP contribution < -0.4 is 9.47 Å². The lowest BCUT2D eigenvalue weighted by molar-refractivity contribution is -0.0616. The third-order valence-corrected chi connectivity index (χ3v) is 8.76. The molecule has 2 unspecified atom stereocenters. The molecule has 4 rings (SSSR count). The minimum absolute atomic E-state index is 0.178. The second kappa shape index (κ2) is 16.3. The van der Waals surface area contributed by atoms with Crippen LogP contribution in [0.4, 0.5) is 0 Å². The molecule has 0 aliphatic carbocycles. The van der Waals surface area contributed by atoms with Gasteiger partial charge in [0.1, 0.15) is 32.5 Å². The zero-order valence-corrected chi connectivity index (χ0v) is 26.1. The lowest BCUT2D eigenvalue weighted by atomic mass is 10.2. The van der Waals surface area contributed by atoms with Crippen LogP contribution in [0.1, 0.15) is 33.3 Å². The van der Waals surface area contributed by atoms with E-state index in [1.807, 2.05) is 71.1 Å². The molecule has 0 saturated heterocycles. The van der Waals surface area contributed by atoms with Gasteiger partial charge >= 0.3 is 0 Å². The van der Waals surface area contributed by atoms with E-state index < -0.39 is 10.1 Å². The molecule has 224 valence electrons. The van der Waals surface area contributed by atoms with E-state index in [4.69, 9.17) is 18.9 Å². The molecule has 0 amide bonds. The highest BCUT2D eigenvalue weighted by Gasteiger charge is 2.29. The quantitative estimate of drug-likeness (QED) is 0.100. The van der Waals surface area contributed by atoms with Gasteiger partial charge in [0.25, 0.3) is 0 Å². The molecule has 1 aromatic heterocycles. The maximum Gasteiger partial charge on any atom is 0.196 e. The van der Waals surface area contributed by atoms with Crippen LogP contribution >= 0.6 is 0 Å². The highest BCUT2D eigenvalue weighted by Crippen LogP contribution is 2.33. The molecule has 3 aromatic carbocycles. The maximum atomic E-state index is 10.4. The van der Waals surface area contributed by atoms with Gasteiger partial charge in [-0.25, -0.2) is 8.42 Å². The molecule has 4 aromatic rings. The Morgan fingerprint density at radius 3 is 1.60 bits per heavy atom. The second-order valence-electron chi connectivity index (χ2n) is 8.99. The molecule has 0 aliphatic heterocycles. The normalized spacial score (nSPS) is 13.3. The Labute approximate surface area is 251 Å². The van der Waals surface area contributed by atoms with Crippen molar-refractivity contribution in [3.8, 4) is 11.5 Å². The topological polar surface area (TPSA) is 107 Å². The Morgan fingerprint density at radius 1 is 0.738 bits per heavy atom. The van der Waals surface area contributed by atoms with Crippen molar-refractivity contribution in [2.24, 2.45) is 0 Å². The van der Waals surface area contributed by atoms with Gasteiger partial charge in [0.15, 0.2) is 27.3 Å². The Kier molecular flexibility index (Phi) is 12.8. The summed E-state index contributed by atoms with van der Waals surface area (Å²) in [5.41, 5.74) is 0.928. The third kappa shape index (κ3) is 10.5. The fourth-order valence-electron chi connectivity index (χ4n) is 3.81. The van der Waals surface area contributed by atoms with Crippen LogP contribution in [-0.2, 0) is 30.5 Å². The van der Waals surface area contributed by atoms with Crippen molar-refractivity contribution in [3.05, 3.63) is 103 Å². The molecule has 42 heavy (non-hydrogen) atoms. The van der Waals surface area contributed by atoms with Crippen molar-refractivity contribution in [1.82, 2.24) is 4.98 Å². The minimum Gasteiger partial charge on any atom is -0.744 e. The number of hydrogen-bond acceptors (Lipinski definition) is 8. The van der Waals surface area contributed by atoms with Gasteiger partial charge in [-0.3, -0.25) is 4.98 Å². The van der Waals surface area contributed by atoms with Crippen molar-refractivity contribution < 1.29 is 31.9 Å². The molecule has 0 fully saturated rings. The van der Waals surface area contributed by atoms with Crippen LogP contribution in [0.15, 0.2) is 117 Å². The summed E-state index contributed by atoms with van der Waals surface area (Å²) in [6.07, 6.45) is 3.16. The summed E-state index contributed by atoms with van der Waals surface area (Å²) in [6, 6.07) is 26.2. The van der Waals surface area contributed by atoms with Gasteiger partial charge in [-0.15, -0.1) is 0 Å². The fraction of sp³-hybridized carbons (Fsp3) is 0.281. The van der Waals surface area contributed by atoms with E-state index in [2.05, 4.69) is 35.3 Å². The number of rotatable bonds is 12. The van der Waals surface area contributed by atoms with Crippen LogP contribution in [0.3, 0.4) is 0 Å². The van der Waals surface area contributed by atoms with Gasteiger partial charge in [-0.1, -0.05) is 17.7 Å². The number of benzene rings is 3. The van der Waals surface area contributed by atoms with Crippen molar-refractivity contribution in [3.63, 3.8) is 0 Å². The van der Waals surface area contributed by atoms with Gasteiger partial charge in [0.05, 0.1) is 11.1 Å². The Bertz CT molecular complexity index is 1390. The molecule has 0 aliphatic rings. The molecular weight excluding hydrogens is 574 g/mol. The maximum absolute atomic E-state index is 10.4. The zero-order chi connectivity index (χ0) is 30.5. The van der Waals surface area contributed by atoms with Crippen LogP contribution in [0, 0.1) is 6.92 Å². The summed E-state index contributed by atoms with van der Waals surface area (Å²) >= 11 is 0. The summed E-state index contributed by atoms with van der Waals surface area (Å²) in [5.74, 6) is 1.57. The molecule has 0 spiro atoms. The summed E-state index contributed by atoms with van der Waals surface area (Å²) in [7, 11) is -4.57. The molecule has 1 heterocycles. The molecule has 8 nitrogen and oxygen atoms in total. The SMILES string of the molecule is CCOC(C)Oc1ccc([S+](c2ccc(OC(C)OCC)cc2)c2cccnc2)cc1.Cc1ccc(S(=O)(=O)[O-])cc1. The van der Waals surface area contributed by atoms with E-state index in [0.717, 1.165) is 22.0 Å². The van der Waals surface area contributed by atoms with E-state index in [9.17, 15) is 13.0 Å². The van der Waals surface area contributed by atoms with Gasteiger partial charge in [0, 0.05) is 19.4 Å². The van der Waals surface area contributed by atoms with E-state index in [1.165, 1.54) is 21.9 Å². The Hall–Kier alpha value is -3.41. The van der Waals surface area contributed by atoms with Gasteiger partial charge < -0.3 is 23.5 Å². The van der Waals surface area contributed by atoms with Gasteiger partial charge in [0.2, 0.25) is 0 Å². The average Bonchev–Trinajstić information content (AvgIpc) is 2.96. The average molecular weight is 612 g/mol. The van der Waals surface area contributed by atoms with Gasteiger partial charge in [-0.05, 0) is 107 Å². The Balaban J connectivity index is 0.000000369. The first-order chi connectivity index (χ1) is 20.1. The highest BCUT2D eigenvalue weighted by molar-refractivity contribution is 7.97. The molecular formula is C32H37NO7S2. The third-order valence-electron chi connectivity index (χ3n) is 5.71. The lowest BCUT2D eigenvalue weighted by Gasteiger charge is -2.15. The molecule has 0 saturated carbocycles. The van der Waals surface area contributed by atoms with E-state index in [-0.39, 0.29) is 28.4 Å². The van der Waals surface area contributed by atoms with Crippen LogP contribution in [0.25, 0.3) is 0 Å². The molecule has 0 N–H and O–H groups in total. The molecule has 0 radical (unpaired) electrons. The summed E-state index contributed by atoms with van der Waals surface area (Å²) in [4.78, 5) is 7.67. The number of pyridine rings is 1. The zero-order valence-electron chi connectivity index (χ0n) is 24.4. The predicted molar refractivity (Wildman–Crippen MR) is 162 cm³/mol. The molecule has 10 heteroatoms. The molecule has 0 bridgehead atoms. The first-order valence-electron chi connectivity index (χ1n) is 13.5. The lowest BCUT2D eigenvalue weighted by Crippen LogP contribution is -2.16.